The number of rotatable bonds is 4. The summed E-state index contributed by atoms with van der Waals surface area (Å²) in [6, 6.07) is 8.68. The van der Waals surface area contributed by atoms with Gasteiger partial charge in [-0.05, 0) is 36.8 Å². The summed E-state index contributed by atoms with van der Waals surface area (Å²) in [5.41, 5.74) is 8.82. The predicted molar refractivity (Wildman–Crippen MR) is 82.0 cm³/mol. The van der Waals surface area contributed by atoms with E-state index >= 15 is 0 Å². The summed E-state index contributed by atoms with van der Waals surface area (Å²) >= 11 is 2.11. The number of nitrogens with two attached hydrogens (primary N) is 1. The van der Waals surface area contributed by atoms with Gasteiger partial charge in [0.1, 0.15) is 0 Å². The van der Waals surface area contributed by atoms with Crippen LogP contribution < -0.4 is 5.73 Å². The van der Waals surface area contributed by atoms with Crippen LogP contribution in [-0.2, 0) is 0 Å². The Morgan fingerprint density at radius 1 is 1.33 bits per heavy atom. The van der Waals surface area contributed by atoms with E-state index in [0.717, 1.165) is 17.7 Å². The van der Waals surface area contributed by atoms with E-state index in [1.807, 2.05) is 0 Å². The largest absolute Gasteiger partial charge is 0.329 e. The second-order valence-electron chi connectivity index (χ2n) is 5.61. The molecule has 0 saturated heterocycles. The van der Waals surface area contributed by atoms with Crippen molar-refractivity contribution in [3.05, 3.63) is 35.4 Å². The van der Waals surface area contributed by atoms with Crippen LogP contribution in [0.2, 0.25) is 0 Å². The van der Waals surface area contributed by atoms with Gasteiger partial charge in [0.25, 0.3) is 0 Å². The highest BCUT2D eigenvalue weighted by Crippen LogP contribution is 2.40. The monoisotopic (exact) mass is 263 g/mol. The molecule has 0 amide bonds. The maximum Gasteiger partial charge on any atom is 0.0425 e. The molecule has 0 bridgehead atoms. The van der Waals surface area contributed by atoms with Gasteiger partial charge in [0.05, 0.1) is 0 Å². The molecule has 3 atom stereocenters. The van der Waals surface area contributed by atoms with E-state index in [-0.39, 0.29) is 0 Å². The highest BCUT2D eigenvalue weighted by atomic mass is 32.2. The Kier molecular flexibility index (Phi) is 5.13. The second-order valence-corrected chi connectivity index (χ2v) is 7.12. The first kappa shape index (κ1) is 14.0. The first-order chi connectivity index (χ1) is 8.70. The molecule has 0 spiro atoms. The van der Waals surface area contributed by atoms with Crippen LogP contribution in [0.15, 0.2) is 24.3 Å². The molecule has 18 heavy (non-hydrogen) atoms. The van der Waals surface area contributed by atoms with E-state index in [2.05, 4.69) is 49.9 Å². The molecular weight excluding hydrogens is 238 g/mol. The van der Waals surface area contributed by atoms with Gasteiger partial charge in [-0.25, -0.2) is 0 Å². The Morgan fingerprint density at radius 2 is 2.11 bits per heavy atom. The quantitative estimate of drug-likeness (QED) is 0.876. The minimum absolute atomic E-state index is 0.474. The minimum Gasteiger partial charge on any atom is -0.329 e. The van der Waals surface area contributed by atoms with Crippen LogP contribution >= 0.6 is 11.8 Å². The maximum absolute atomic E-state index is 6.00. The summed E-state index contributed by atoms with van der Waals surface area (Å²) in [7, 11) is 0. The zero-order valence-electron chi connectivity index (χ0n) is 11.6. The minimum atomic E-state index is 0.474. The van der Waals surface area contributed by atoms with Gasteiger partial charge < -0.3 is 5.73 Å². The van der Waals surface area contributed by atoms with E-state index in [1.165, 1.54) is 36.8 Å². The molecule has 1 aliphatic carbocycles. The standard InChI is InChI=1S/C16H25NS/c1-12-6-5-8-14(10-12)18-16(11-17)15-9-4-3-7-13(15)2/h3-4,7,9,12,14,16H,5-6,8,10-11,17H2,1-2H3. The summed E-state index contributed by atoms with van der Waals surface area (Å²) in [5, 5.41) is 1.28. The number of thioether (sulfide) groups is 1. The topological polar surface area (TPSA) is 26.0 Å². The highest BCUT2D eigenvalue weighted by Gasteiger charge is 2.23. The summed E-state index contributed by atoms with van der Waals surface area (Å²) in [6.07, 6.45) is 5.54. The first-order valence-electron chi connectivity index (χ1n) is 7.11. The van der Waals surface area contributed by atoms with Crippen molar-refractivity contribution in [1.29, 1.82) is 0 Å². The van der Waals surface area contributed by atoms with Crippen molar-refractivity contribution in [2.75, 3.05) is 6.54 Å². The van der Waals surface area contributed by atoms with Gasteiger partial charge in [-0.2, -0.15) is 0 Å². The third kappa shape index (κ3) is 3.52. The lowest BCUT2D eigenvalue weighted by molar-refractivity contribution is 0.393. The lowest BCUT2D eigenvalue weighted by atomic mass is 9.90. The Hall–Kier alpha value is -0.470. The summed E-state index contributed by atoms with van der Waals surface area (Å²) in [5.74, 6) is 0.895. The Bertz CT molecular complexity index is 377. The molecule has 1 aromatic carbocycles. The molecule has 0 aliphatic heterocycles. The predicted octanol–water partition coefficient (Wildman–Crippen LogP) is 4.31. The van der Waals surface area contributed by atoms with E-state index < -0.39 is 0 Å². The highest BCUT2D eigenvalue weighted by molar-refractivity contribution is 8.00. The van der Waals surface area contributed by atoms with Crippen LogP contribution in [0.1, 0.15) is 49.0 Å². The Labute approximate surface area is 116 Å². The number of aryl methyl sites for hydroxylation is 1. The average molecular weight is 263 g/mol. The van der Waals surface area contributed by atoms with Crippen molar-refractivity contribution in [2.45, 2.75) is 50.0 Å². The molecule has 0 heterocycles. The fraction of sp³-hybridized carbons (Fsp3) is 0.625. The van der Waals surface area contributed by atoms with Crippen molar-refractivity contribution < 1.29 is 0 Å². The summed E-state index contributed by atoms with van der Waals surface area (Å²) in [6.45, 7) is 5.33. The molecule has 1 fully saturated rings. The average Bonchev–Trinajstić information content (AvgIpc) is 2.37. The summed E-state index contributed by atoms with van der Waals surface area (Å²) in [4.78, 5) is 0. The lowest BCUT2D eigenvalue weighted by Gasteiger charge is -2.29. The Balaban J connectivity index is 2.03. The SMILES string of the molecule is Cc1ccccc1C(CN)SC1CCCC(C)C1. The third-order valence-corrected chi connectivity index (χ3v) is 5.58. The molecule has 1 aliphatic rings. The number of hydrogen-bond acceptors (Lipinski definition) is 2. The van der Waals surface area contributed by atoms with Gasteiger partial charge in [-0.1, -0.05) is 44.0 Å². The van der Waals surface area contributed by atoms with Gasteiger partial charge in [-0.3, -0.25) is 0 Å². The molecule has 100 valence electrons. The van der Waals surface area contributed by atoms with E-state index in [1.54, 1.807) is 0 Å². The van der Waals surface area contributed by atoms with E-state index in [0.29, 0.717) is 5.25 Å². The van der Waals surface area contributed by atoms with Gasteiger partial charge in [0, 0.05) is 17.0 Å². The van der Waals surface area contributed by atoms with Crippen LogP contribution in [0, 0.1) is 12.8 Å². The van der Waals surface area contributed by atoms with Crippen LogP contribution in [-0.4, -0.2) is 11.8 Å². The van der Waals surface area contributed by atoms with Crippen LogP contribution in [0.4, 0.5) is 0 Å². The van der Waals surface area contributed by atoms with Crippen LogP contribution in [0.25, 0.3) is 0 Å². The van der Waals surface area contributed by atoms with Crippen molar-refractivity contribution in [3.63, 3.8) is 0 Å². The van der Waals surface area contributed by atoms with Gasteiger partial charge in [-0.15, -0.1) is 11.8 Å². The normalized spacial score (nSPS) is 25.9. The van der Waals surface area contributed by atoms with Crippen molar-refractivity contribution >= 4 is 11.8 Å². The molecule has 1 saturated carbocycles. The molecule has 2 heteroatoms. The molecule has 1 nitrogen and oxygen atoms in total. The third-order valence-electron chi connectivity index (χ3n) is 3.99. The van der Waals surface area contributed by atoms with Crippen LogP contribution in [0.5, 0.6) is 0 Å². The van der Waals surface area contributed by atoms with Gasteiger partial charge in [0.15, 0.2) is 0 Å². The lowest BCUT2D eigenvalue weighted by Crippen LogP contribution is -2.19. The van der Waals surface area contributed by atoms with E-state index in [4.69, 9.17) is 5.73 Å². The van der Waals surface area contributed by atoms with Crippen molar-refractivity contribution in [3.8, 4) is 0 Å². The fourth-order valence-corrected chi connectivity index (χ4v) is 4.67. The molecule has 0 aromatic heterocycles. The molecule has 2 rings (SSSR count). The van der Waals surface area contributed by atoms with Crippen LogP contribution in [0.3, 0.4) is 0 Å². The zero-order valence-corrected chi connectivity index (χ0v) is 12.4. The van der Waals surface area contributed by atoms with E-state index in [9.17, 15) is 0 Å². The first-order valence-corrected chi connectivity index (χ1v) is 8.06. The van der Waals surface area contributed by atoms with Gasteiger partial charge >= 0.3 is 0 Å². The number of hydrogen-bond donors (Lipinski definition) is 1. The maximum atomic E-state index is 6.00. The molecule has 3 unspecified atom stereocenters. The Morgan fingerprint density at radius 3 is 2.78 bits per heavy atom. The summed E-state index contributed by atoms with van der Waals surface area (Å²) < 4.78 is 0. The second kappa shape index (κ2) is 6.63. The fourth-order valence-electron chi connectivity index (χ4n) is 2.94. The van der Waals surface area contributed by atoms with Gasteiger partial charge in [0.2, 0.25) is 0 Å². The molecule has 2 N–H and O–H groups in total. The van der Waals surface area contributed by atoms with Crippen molar-refractivity contribution in [2.24, 2.45) is 11.7 Å². The molecule has 0 radical (unpaired) electrons. The molecule has 1 aromatic rings. The number of benzene rings is 1. The van der Waals surface area contributed by atoms with Crippen molar-refractivity contribution in [1.82, 2.24) is 0 Å². The zero-order chi connectivity index (χ0) is 13.0. The smallest absolute Gasteiger partial charge is 0.0425 e. The molecular formula is C16H25NS.